The minimum atomic E-state index is -3.48. The number of nitrogens with one attached hydrogen (secondary N) is 1. The van der Waals surface area contributed by atoms with Crippen molar-refractivity contribution >= 4 is 33.0 Å². The van der Waals surface area contributed by atoms with Gasteiger partial charge in [-0.1, -0.05) is 30.3 Å². The third-order valence-electron chi connectivity index (χ3n) is 4.38. The fraction of sp³-hybridized carbons (Fsp3) is 0.0952. The van der Waals surface area contributed by atoms with Gasteiger partial charge in [0.25, 0.3) is 5.91 Å². The van der Waals surface area contributed by atoms with Gasteiger partial charge in [-0.05, 0) is 36.4 Å². The monoisotopic (exact) mass is 412 g/mol. The van der Waals surface area contributed by atoms with Crippen LogP contribution in [0.1, 0.15) is 11.7 Å². The standard InChI is InChI=1S/C21H17FN2O4S/c1-29(26,27)23-16-9-12-18-19(13-16)28-20(14-5-3-2-4-6-14)21(25)24(18)17-10-7-15(22)8-11-17/h2-13,20,23H,1H3. The number of carbonyl (C=O) groups excluding carboxylic acids is 1. The second kappa shape index (κ2) is 7.21. The van der Waals surface area contributed by atoms with Crippen molar-refractivity contribution in [1.29, 1.82) is 0 Å². The van der Waals surface area contributed by atoms with Crippen molar-refractivity contribution in [3.8, 4) is 5.75 Å². The molecule has 29 heavy (non-hydrogen) atoms. The van der Waals surface area contributed by atoms with Gasteiger partial charge in [-0.3, -0.25) is 14.4 Å². The number of nitrogens with zero attached hydrogens (tertiary/aromatic N) is 1. The Bertz CT molecular complexity index is 1170. The van der Waals surface area contributed by atoms with Gasteiger partial charge in [0.2, 0.25) is 16.1 Å². The van der Waals surface area contributed by atoms with Crippen LogP contribution in [0.3, 0.4) is 0 Å². The van der Waals surface area contributed by atoms with Crippen LogP contribution in [0.2, 0.25) is 0 Å². The molecule has 1 N–H and O–H groups in total. The van der Waals surface area contributed by atoms with Crippen LogP contribution in [-0.4, -0.2) is 20.6 Å². The number of hydrogen-bond donors (Lipinski definition) is 1. The van der Waals surface area contributed by atoms with Crippen LogP contribution in [0.15, 0.2) is 72.8 Å². The predicted octanol–water partition coefficient (Wildman–Crippen LogP) is 4.00. The zero-order chi connectivity index (χ0) is 20.6. The smallest absolute Gasteiger partial charge is 0.277 e. The van der Waals surface area contributed by atoms with E-state index in [-0.39, 0.29) is 5.91 Å². The summed E-state index contributed by atoms with van der Waals surface area (Å²) in [5.74, 6) is -0.419. The number of carbonyl (C=O) groups is 1. The number of amides is 1. The number of halogens is 1. The maximum absolute atomic E-state index is 13.4. The molecule has 1 aliphatic rings. The minimum Gasteiger partial charge on any atom is -0.474 e. The van der Waals surface area contributed by atoms with E-state index in [1.165, 1.54) is 41.3 Å². The lowest BCUT2D eigenvalue weighted by Crippen LogP contribution is -2.38. The molecule has 0 spiro atoms. The maximum Gasteiger partial charge on any atom is 0.277 e. The Morgan fingerprint density at radius 2 is 1.69 bits per heavy atom. The van der Waals surface area contributed by atoms with Gasteiger partial charge in [-0.2, -0.15) is 0 Å². The van der Waals surface area contributed by atoms with E-state index in [0.717, 1.165) is 6.26 Å². The predicted molar refractivity (Wildman–Crippen MR) is 108 cm³/mol. The van der Waals surface area contributed by atoms with E-state index in [1.807, 2.05) is 6.07 Å². The van der Waals surface area contributed by atoms with Crippen LogP contribution in [0.5, 0.6) is 5.75 Å². The molecule has 1 aliphatic heterocycles. The van der Waals surface area contributed by atoms with Gasteiger partial charge in [0, 0.05) is 17.3 Å². The summed E-state index contributed by atoms with van der Waals surface area (Å²) in [5, 5.41) is 0. The zero-order valence-corrected chi connectivity index (χ0v) is 16.2. The van der Waals surface area contributed by atoms with Crippen LogP contribution in [0.25, 0.3) is 0 Å². The lowest BCUT2D eigenvalue weighted by molar-refractivity contribution is -0.125. The lowest BCUT2D eigenvalue weighted by Gasteiger charge is -2.34. The van der Waals surface area contributed by atoms with Gasteiger partial charge in [0.1, 0.15) is 11.6 Å². The van der Waals surface area contributed by atoms with E-state index in [0.29, 0.717) is 28.4 Å². The van der Waals surface area contributed by atoms with E-state index in [1.54, 1.807) is 30.3 Å². The highest BCUT2D eigenvalue weighted by molar-refractivity contribution is 7.92. The number of ether oxygens (including phenoxy) is 1. The molecule has 1 unspecified atom stereocenters. The molecule has 0 aliphatic carbocycles. The zero-order valence-electron chi connectivity index (χ0n) is 15.4. The SMILES string of the molecule is CS(=O)(=O)Nc1ccc2c(c1)OC(c1ccccc1)C(=O)N2c1ccc(F)cc1. The van der Waals surface area contributed by atoms with E-state index in [9.17, 15) is 17.6 Å². The lowest BCUT2D eigenvalue weighted by atomic mass is 10.0. The molecule has 0 aromatic heterocycles. The quantitative estimate of drug-likeness (QED) is 0.703. The van der Waals surface area contributed by atoms with Gasteiger partial charge >= 0.3 is 0 Å². The van der Waals surface area contributed by atoms with Gasteiger partial charge in [0.15, 0.2) is 0 Å². The molecular formula is C21H17FN2O4S. The molecular weight excluding hydrogens is 395 g/mol. The van der Waals surface area contributed by atoms with Crippen molar-refractivity contribution in [3.05, 3.63) is 84.2 Å². The average Bonchev–Trinajstić information content (AvgIpc) is 2.68. The van der Waals surface area contributed by atoms with E-state index >= 15 is 0 Å². The van der Waals surface area contributed by atoms with Crippen LogP contribution in [0, 0.1) is 5.82 Å². The largest absolute Gasteiger partial charge is 0.474 e. The number of benzene rings is 3. The van der Waals surface area contributed by atoms with Crippen molar-refractivity contribution < 1.29 is 22.3 Å². The van der Waals surface area contributed by atoms with Crippen molar-refractivity contribution in [2.24, 2.45) is 0 Å². The third kappa shape index (κ3) is 3.93. The molecule has 0 saturated heterocycles. The molecule has 1 heterocycles. The number of anilines is 3. The molecule has 3 aromatic rings. The fourth-order valence-electron chi connectivity index (χ4n) is 3.18. The molecule has 4 rings (SSSR count). The van der Waals surface area contributed by atoms with Crippen molar-refractivity contribution in [3.63, 3.8) is 0 Å². The van der Waals surface area contributed by atoms with Crippen LogP contribution >= 0.6 is 0 Å². The summed E-state index contributed by atoms with van der Waals surface area (Å²) in [4.78, 5) is 14.7. The Kier molecular flexibility index (Phi) is 4.71. The van der Waals surface area contributed by atoms with Crippen LogP contribution in [-0.2, 0) is 14.8 Å². The molecule has 1 amide bonds. The summed E-state index contributed by atoms with van der Waals surface area (Å²) < 4.78 is 44.9. The molecule has 148 valence electrons. The molecule has 6 nitrogen and oxygen atoms in total. The Morgan fingerprint density at radius 3 is 2.34 bits per heavy atom. The molecule has 0 bridgehead atoms. The van der Waals surface area contributed by atoms with Gasteiger partial charge in [-0.15, -0.1) is 0 Å². The first-order valence-electron chi connectivity index (χ1n) is 8.75. The minimum absolute atomic E-state index is 0.312. The summed E-state index contributed by atoms with van der Waals surface area (Å²) in [6, 6.07) is 19.2. The molecule has 1 atom stereocenters. The summed E-state index contributed by atoms with van der Waals surface area (Å²) in [6.07, 6.45) is 0.122. The van der Waals surface area contributed by atoms with Gasteiger partial charge < -0.3 is 4.74 Å². The number of sulfonamides is 1. The fourth-order valence-corrected chi connectivity index (χ4v) is 3.73. The maximum atomic E-state index is 13.4. The van der Waals surface area contributed by atoms with Crippen LogP contribution < -0.4 is 14.4 Å². The summed E-state index contributed by atoms with van der Waals surface area (Å²) in [5.41, 5.74) is 1.88. The molecule has 0 saturated carbocycles. The summed E-state index contributed by atoms with van der Waals surface area (Å²) in [6.45, 7) is 0. The van der Waals surface area contributed by atoms with E-state index in [4.69, 9.17) is 4.74 Å². The second-order valence-electron chi connectivity index (χ2n) is 6.62. The first-order chi connectivity index (χ1) is 13.8. The van der Waals surface area contributed by atoms with E-state index in [2.05, 4.69) is 4.72 Å². The van der Waals surface area contributed by atoms with Gasteiger partial charge in [0.05, 0.1) is 17.6 Å². The summed E-state index contributed by atoms with van der Waals surface area (Å²) in [7, 11) is -3.48. The van der Waals surface area contributed by atoms with Crippen molar-refractivity contribution in [1.82, 2.24) is 0 Å². The first-order valence-corrected chi connectivity index (χ1v) is 10.6. The molecule has 8 heteroatoms. The number of rotatable bonds is 4. The highest BCUT2D eigenvalue weighted by Gasteiger charge is 2.36. The first kappa shape index (κ1) is 18.9. The average molecular weight is 412 g/mol. The van der Waals surface area contributed by atoms with E-state index < -0.39 is 21.9 Å². The van der Waals surface area contributed by atoms with Crippen LogP contribution in [0.4, 0.5) is 21.5 Å². The number of hydrogen-bond acceptors (Lipinski definition) is 4. The van der Waals surface area contributed by atoms with Gasteiger partial charge in [-0.25, -0.2) is 12.8 Å². The topological polar surface area (TPSA) is 75.7 Å². The highest BCUT2D eigenvalue weighted by Crippen LogP contribution is 2.44. The third-order valence-corrected chi connectivity index (χ3v) is 4.99. The molecule has 0 fully saturated rings. The van der Waals surface area contributed by atoms with Crippen molar-refractivity contribution in [2.45, 2.75) is 6.10 Å². The number of fused-ring (bicyclic) bond motifs is 1. The molecule has 3 aromatic carbocycles. The highest BCUT2D eigenvalue weighted by atomic mass is 32.2. The second-order valence-corrected chi connectivity index (χ2v) is 8.36. The Morgan fingerprint density at radius 1 is 1.00 bits per heavy atom. The molecule has 0 radical (unpaired) electrons. The summed E-state index contributed by atoms with van der Waals surface area (Å²) >= 11 is 0. The normalized spacial score (nSPS) is 16.1. The Hall–Kier alpha value is -3.39. The Balaban J connectivity index is 1.84. The Labute approximate surface area is 167 Å². The van der Waals surface area contributed by atoms with Crippen molar-refractivity contribution in [2.75, 3.05) is 15.9 Å².